The van der Waals surface area contributed by atoms with Crippen molar-refractivity contribution >= 4 is 15.7 Å². The Balaban J connectivity index is 3.29. The summed E-state index contributed by atoms with van der Waals surface area (Å²) in [4.78, 5) is 10.3. The zero-order chi connectivity index (χ0) is 11.7. The topological polar surface area (TPSA) is 98.5 Å². The number of carbonyl (C=O) groups excluding carboxylic acids is 1. The summed E-state index contributed by atoms with van der Waals surface area (Å²) in [5.41, 5.74) is 4.84. The molecule has 0 aromatic carbocycles. The molecular formula is C8H18N2O4S. The van der Waals surface area contributed by atoms with Crippen LogP contribution >= 0.6 is 0 Å². The molecule has 1 amide bonds. The van der Waals surface area contributed by atoms with Crippen molar-refractivity contribution in [2.24, 2.45) is 5.73 Å². The molecule has 0 saturated heterocycles. The van der Waals surface area contributed by atoms with Gasteiger partial charge in [-0.05, 0) is 0 Å². The van der Waals surface area contributed by atoms with E-state index in [0.29, 0.717) is 19.7 Å². The molecule has 0 aromatic heterocycles. The number of nitrogens with one attached hydrogen (secondary N) is 1. The van der Waals surface area contributed by atoms with Gasteiger partial charge in [-0.2, -0.15) is 0 Å². The minimum Gasteiger partial charge on any atom is -0.370 e. The van der Waals surface area contributed by atoms with Crippen LogP contribution in [0.15, 0.2) is 0 Å². The SMILES string of the molecule is CCS(=O)(=O)CCNCCOCC(N)=O. The molecule has 0 aromatic rings. The van der Waals surface area contributed by atoms with Crippen LogP contribution in [0.4, 0.5) is 0 Å². The van der Waals surface area contributed by atoms with Crippen LogP contribution in [0.25, 0.3) is 0 Å². The zero-order valence-corrected chi connectivity index (χ0v) is 9.68. The van der Waals surface area contributed by atoms with Gasteiger partial charge in [0.1, 0.15) is 6.61 Å². The fraction of sp³-hybridized carbons (Fsp3) is 0.875. The number of amides is 1. The van der Waals surface area contributed by atoms with Gasteiger partial charge in [0.15, 0.2) is 9.84 Å². The van der Waals surface area contributed by atoms with Crippen LogP contribution in [0.5, 0.6) is 0 Å². The second-order valence-corrected chi connectivity index (χ2v) is 5.48. The van der Waals surface area contributed by atoms with Crippen LogP contribution in [0.3, 0.4) is 0 Å². The predicted molar refractivity (Wildman–Crippen MR) is 57.2 cm³/mol. The maximum Gasteiger partial charge on any atom is 0.243 e. The van der Waals surface area contributed by atoms with E-state index in [9.17, 15) is 13.2 Å². The van der Waals surface area contributed by atoms with Gasteiger partial charge in [0.25, 0.3) is 0 Å². The minimum absolute atomic E-state index is 0.102. The average Bonchev–Trinajstić information content (AvgIpc) is 2.16. The Labute approximate surface area is 90.1 Å². The molecule has 7 heteroatoms. The summed E-state index contributed by atoms with van der Waals surface area (Å²) in [6, 6.07) is 0. The van der Waals surface area contributed by atoms with E-state index in [2.05, 4.69) is 5.32 Å². The van der Waals surface area contributed by atoms with Crippen molar-refractivity contribution in [3.8, 4) is 0 Å². The van der Waals surface area contributed by atoms with Crippen LogP contribution in [0, 0.1) is 0 Å². The number of hydrogen-bond acceptors (Lipinski definition) is 5. The maximum atomic E-state index is 11.0. The quantitative estimate of drug-likeness (QED) is 0.477. The molecule has 90 valence electrons. The number of hydrogen-bond donors (Lipinski definition) is 2. The van der Waals surface area contributed by atoms with Crippen LogP contribution in [0.2, 0.25) is 0 Å². The zero-order valence-electron chi connectivity index (χ0n) is 8.86. The Bertz CT molecular complexity index is 276. The highest BCUT2D eigenvalue weighted by atomic mass is 32.2. The lowest BCUT2D eigenvalue weighted by atomic mass is 10.6. The van der Waals surface area contributed by atoms with Gasteiger partial charge in [0, 0.05) is 18.8 Å². The van der Waals surface area contributed by atoms with Gasteiger partial charge in [-0.3, -0.25) is 4.79 Å². The molecule has 0 atom stereocenters. The molecule has 0 aliphatic carbocycles. The highest BCUT2D eigenvalue weighted by Crippen LogP contribution is 1.86. The maximum absolute atomic E-state index is 11.0. The van der Waals surface area contributed by atoms with Gasteiger partial charge in [0.2, 0.25) is 5.91 Å². The van der Waals surface area contributed by atoms with Crippen LogP contribution in [0.1, 0.15) is 6.92 Å². The van der Waals surface area contributed by atoms with Crippen LogP contribution in [-0.4, -0.2) is 52.1 Å². The second kappa shape index (κ2) is 7.61. The van der Waals surface area contributed by atoms with E-state index in [0.717, 1.165) is 0 Å². The van der Waals surface area contributed by atoms with Crippen molar-refractivity contribution in [2.75, 3.05) is 37.8 Å². The largest absolute Gasteiger partial charge is 0.370 e. The smallest absolute Gasteiger partial charge is 0.243 e. The van der Waals surface area contributed by atoms with Crippen molar-refractivity contribution in [2.45, 2.75) is 6.92 Å². The van der Waals surface area contributed by atoms with Crippen LogP contribution in [-0.2, 0) is 19.4 Å². The van der Waals surface area contributed by atoms with Gasteiger partial charge in [-0.25, -0.2) is 8.42 Å². The summed E-state index contributed by atoms with van der Waals surface area (Å²) in [6.07, 6.45) is 0. The number of nitrogens with two attached hydrogens (primary N) is 1. The fourth-order valence-electron chi connectivity index (χ4n) is 0.814. The van der Waals surface area contributed by atoms with Gasteiger partial charge >= 0.3 is 0 Å². The van der Waals surface area contributed by atoms with E-state index >= 15 is 0 Å². The fourth-order valence-corrected chi connectivity index (χ4v) is 1.56. The molecule has 0 bridgehead atoms. The summed E-state index contributed by atoms with van der Waals surface area (Å²) in [5.74, 6) is -0.227. The molecular weight excluding hydrogens is 220 g/mol. The van der Waals surface area contributed by atoms with Crippen molar-refractivity contribution in [1.29, 1.82) is 0 Å². The first-order valence-corrected chi connectivity index (χ1v) is 6.57. The Morgan fingerprint density at radius 3 is 2.60 bits per heavy atom. The number of sulfone groups is 1. The van der Waals surface area contributed by atoms with Crippen LogP contribution < -0.4 is 11.1 Å². The Morgan fingerprint density at radius 2 is 2.07 bits per heavy atom. The minimum atomic E-state index is -2.90. The molecule has 0 radical (unpaired) electrons. The highest BCUT2D eigenvalue weighted by molar-refractivity contribution is 7.91. The van der Waals surface area contributed by atoms with Gasteiger partial charge in [-0.15, -0.1) is 0 Å². The molecule has 0 unspecified atom stereocenters. The molecule has 0 fully saturated rings. The van der Waals surface area contributed by atoms with Crippen molar-refractivity contribution < 1.29 is 17.9 Å². The molecule has 0 rings (SSSR count). The number of primary amides is 1. The molecule has 3 N–H and O–H groups in total. The van der Waals surface area contributed by atoms with E-state index in [-0.39, 0.29) is 18.1 Å². The number of rotatable bonds is 9. The predicted octanol–water partition coefficient (Wildman–Crippen LogP) is -1.49. The monoisotopic (exact) mass is 238 g/mol. The highest BCUT2D eigenvalue weighted by Gasteiger charge is 2.05. The van der Waals surface area contributed by atoms with Crippen molar-refractivity contribution in [3.05, 3.63) is 0 Å². The summed E-state index contributed by atoms with van der Waals surface area (Å²) >= 11 is 0. The van der Waals surface area contributed by atoms with E-state index in [1.165, 1.54) is 0 Å². The standard InChI is InChI=1S/C8H18N2O4S/c1-2-15(12,13)6-4-10-3-5-14-7-8(9)11/h10H,2-7H2,1H3,(H2,9,11). The molecule has 0 aliphatic rings. The number of carbonyl (C=O) groups is 1. The van der Waals surface area contributed by atoms with Crippen molar-refractivity contribution in [3.63, 3.8) is 0 Å². The first kappa shape index (κ1) is 14.3. The Hall–Kier alpha value is -0.660. The third-order valence-corrected chi connectivity index (χ3v) is 3.40. The molecule has 15 heavy (non-hydrogen) atoms. The molecule has 0 heterocycles. The van der Waals surface area contributed by atoms with E-state index < -0.39 is 15.7 Å². The van der Waals surface area contributed by atoms with Gasteiger partial charge < -0.3 is 15.8 Å². The van der Waals surface area contributed by atoms with E-state index in [1.807, 2.05) is 0 Å². The number of ether oxygens (including phenoxy) is 1. The molecule has 0 aliphatic heterocycles. The Kier molecular flexibility index (Phi) is 7.27. The molecule has 0 saturated carbocycles. The van der Waals surface area contributed by atoms with Crippen molar-refractivity contribution in [1.82, 2.24) is 5.32 Å². The molecule has 6 nitrogen and oxygen atoms in total. The lowest BCUT2D eigenvalue weighted by molar-refractivity contribution is -0.122. The summed E-state index contributed by atoms with van der Waals surface area (Å²) in [5, 5.41) is 2.89. The summed E-state index contributed by atoms with van der Waals surface area (Å²) in [7, 11) is -2.90. The third-order valence-electron chi connectivity index (χ3n) is 1.70. The van der Waals surface area contributed by atoms with Gasteiger partial charge in [0.05, 0.1) is 12.4 Å². The van der Waals surface area contributed by atoms with Gasteiger partial charge in [-0.1, -0.05) is 6.92 Å². The lowest BCUT2D eigenvalue weighted by Gasteiger charge is -2.04. The van der Waals surface area contributed by atoms with E-state index in [1.54, 1.807) is 6.92 Å². The first-order valence-electron chi connectivity index (χ1n) is 4.75. The summed E-state index contributed by atoms with van der Waals surface area (Å²) < 4.78 is 27.0. The summed E-state index contributed by atoms with van der Waals surface area (Å²) in [6.45, 7) is 2.76. The average molecular weight is 238 g/mol. The normalized spacial score (nSPS) is 11.5. The second-order valence-electron chi connectivity index (χ2n) is 3.01. The molecule has 0 spiro atoms. The van der Waals surface area contributed by atoms with E-state index in [4.69, 9.17) is 10.5 Å². The Morgan fingerprint density at radius 1 is 1.40 bits per heavy atom. The first-order chi connectivity index (χ1) is 6.98. The third kappa shape index (κ3) is 9.64. The lowest BCUT2D eigenvalue weighted by Crippen LogP contribution is -2.28.